The molecular formula is C17H13ClF3N3. The van der Waals surface area contributed by atoms with Crippen molar-refractivity contribution in [3.05, 3.63) is 64.8 Å². The zero-order chi connectivity index (χ0) is 17.5. The van der Waals surface area contributed by atoms with E-state index in [1.54, 1.807) is 55.5 Å². The summed E-state index contributed by atoms with van der Waals surface area (Å²) in [7, 11) is 0. The SMILES string of the molecule is Cc1ccccc1-c1c(C(F)(F)F)nn(-c2ccc(Cl)cc2)c1N. The van der Waals surface area contributed by atoms with Crippen LogP contribution in [0.1, 0.15) is 11.3 Å². The highest BCUT2D eigenvalue weighted by Gasteiger charge is 2.39. The monoisotopic (exact) mass is 351 g/mol. The van der Waals surface area contributed by atoms with Crippen molar-refractivity contribution in [2.75, 3.05) is 5.73 Å². The number of aryl methyl sites for hydroxylation is 1. The summed E-state index contributed by atoms with van der Waals surface area (Å²) in [4.78, 5) is 0. The number of hydrogen-bond donors (Lipinski definition) is 1. The third-order valence-corrected chi connectivity index (χ3v) is 3.93. The number of halogens is 4. The van der Waals surface area contributed by atoms with E-state index in [4.69, 9.17) is 17.3 Å². The molecule has 2 N–H and O–H groups in total. The first-order chi connectivity index (χ1) is 11.3. The van der Waals surface area contributed by atoms with Gasteiger partial charge in [0, 0.05) is 5.02 Å². The standard InChI is InChI=1S/C17H13ClF3N3/c1-10-4-2-3-5-13(10)14-15(17(19,20)21)23-24(16(14)22)12-8-6-11(18)7-9-12/h2-9H,22H2,1H3. The molecule has 0 atom stereocenters. The van der Waals surface area contributed by atoms with E-state index in [-0.39, 0.29) is 11.4 Å². The van der Waals surface area contributed by atoms with Gasteiger partial charge in [0.1, 0.15) is 5.82 Å². The van der Waals surface area contributed by atoms with Crippen molar-refractivity contribution in [2.45, 2.75) is 13.1 Å². The van der Waals surface area contributed by atoms with E-state index in [1.807, 2.05) is 0 Å². The van der Waals surface area contributed by atoms with Crippen LogP contribution in [0.25, 0.3) is 16.8 Å². The first-order valence-electron chi connectivity index (χ1n) is 7.06. The average Bonchev–Trinajstić information content (AvgIpc) is 2.86. The Morgan fingerprint density at radius 3 is 2.25 bits per heavy atom. The van der Waals surface area contributed by atoms with Crippen LogP contribution in [0.15, 0.2) is 48.5 Å². The maximum atomic E-state index is 13.5. The van der Waals surface area contributed by atoms with Gasteiger partial charge in [0.05, 0.1) is 11.3 Å². The Balaban J connectivity index is 2.28. The van der Waals surface area contributed by atoms with Gasteiger partial charge >= 0.3 is 6.18 Å². The molecule has 0 bridgehead atoms. The Morgan fingerprint density at radius 2 is 1.67 bits per heavy atom. The molecule has 0 aliphatic carbocycles. The van der Waals surface area contributed by atoms with Crippen LogP contribution >= 0.6 is 11.6 Å². The van der Waals surface area contributed by atoms with Gasteiger partial charge in [-0.05, 0) is 42.3 Å². The number of nitrogen functional groups attached to an aromatic ring is 1. The lowest BCUT2D eigenvalue weighted by atomic mass is 10.00. The van der Waals surface area contributed by atoms with Crippen LogP contribution in [-0.2, 0) is 6.18 Å². The topological polar surface area (TPSA) is 43.8 Å². The molecule has 0 saturated heterocycles. The lowest BCUT2D eigenvalue weighted by Crippen LogP contribution is -2.08. The molecule has 3 aromatic rings. The molecule has 0 saturated carbocycles. The number of alkyl halides is 3. The summed E-state index contributed by atoms with van der Waals surface area (Å²) >= 11 is 5.82. The zero-order valence-electron chi connectivity index (χ0n) is 12.6. The maximum Gasteiger partial charge on any atom is 0.435 e. The number of nitrogens with two attached hydrogens (primary N) is 1. The molecule has 7 heteroatoms. The molecule has 0 spiro atoms. The molecule has 3 nitrogen and oxygen atoms in total. The predicted molar refractivity (Wildman–Crippen MR) is 88.2 cm³/mol. The smallest absolute Gasteiger partial charge is 0.383 e. The molecule has 1 heterocycles. The van der Waals surface area contributed by atoms with Crippen LogP contribution in [0, 0.1) is 6.92 Å². The summed E-state index contributed by atoms with van der Waals surface area (Å²) in [6.45, 7) is 1.73. The molecule has 2 aromatic carbocycles. The number of hydrogen-bond acceptors (Lipinski definition) is 2. The van der Waals surface area contributed by atoms with Crippen molar-refractivity contribution < 1.29 is 13.2 Å². The van der Waals surface area contributed by atoms with Crippen LogP contribution in [0.2, 0.25) is 5.02 Å². The normalized spacial score (nSPS) is 11.7. The van der Waals surface area contributed by atoms with Gasteiger partial charge in [0.25, 0.3) is 0 Å². The minimum absolute atomic E-state index is 0.0704. The van der Waals surface area contributed by atoms with E-state index in [1.165, 1.54) is 0 Å². The molecule has 124 valence electrons. The second-order valence-electron chi connectivity index (χ2n) is 5.31. The van der Waals surface area contributed by atoms with Crippen LogP contribution in [-0.4, -0.2) is 9.78 Å². The second kappa shape index (κ2) is 5.87. The van der Waals surface area contributed by atoms with Gasteiger partial charge in [-0.25, -0.2) is 4.68 Å². The maximum absolute atomic E-state index is 13.5. The fourth-order valence-electron chi connectivity index (χ4n) is 2.53. The summed E-state index contributed by atoms with van der Waals surface area (Å²) in [6, 6.07) is 13.0. The van der Waals surface area contributed by atoms with Gasteiger partial charge in [0.2, 0.25) is 0 Å². The highest BCUT2D eigenvalue weighted by Crippen LogP contribution is 2.41. The van der Waals surface area contributed by atoms with Gasteiger partial charge in [-0.3, -0.25) is 0 Å². The summed E-state index contributed by atoms with van der Waals surface area (Å²) in [5, 5.41) is 4.19. The van der Waals surface area contributed by atoms with Crippen molar-refractivity contribution >= 4 is 17.4 Å². The molecule has 0 fully saturated rings. The van der Waals surface area contributed by atoms with E-state index in [9.17, 15) is 13.2 Å². The minimum Gasteiger partial charge on any atom is -0.383 e. The molecule has 0 aliphatic heterocycles. The predicted octanol–water partition coefficient (Wildman–Crippen LogP) is 5.10. The molecule has 3 rings (SSSR count). The summed E-state index contributed by atoms with van der Waals surface area (Å²) in [5.41, 5.74) is 6.41. The Morgan fingerprint density at radius 1 is 1.04 bits per heavy atom. The fraction of sp³-hybridized carbons (Fsp3) is 0.118. The number of aromatic nitrogens is 2. The van der Waals surface area contributed by atoms with E-state index in [0.717, 1.165) is 4.68 Å². The largest absolute Gasteiger partial charge is 0.435 e. The van der Waals surface area contributed by atoms with Crippen LogP contribution in [0.4, 0.5) is 19.0 Å². The van der Waals surface area contributed by atoms with Crippen LogP contribution < -0.4 is 5.73 Å². The van der Waals surface area contributed by atoms with Crippen molar-refractivity contribution in [1.29, 1.82) is 0 Å². The lowest BCUT2D eigenvalue weighted by molar-refractivity contribution is -0.140. The van der Waals surface area contributed by atoms with E-state index in [2.05, 4.69) is 5.10 Å². The molecule has 0 unspecified atom stereocenters. The second-order valence-corrected chi connectivity index (χ2v) is 5.75. The molecule has 0 radical (unpaired) electrons. The first-order valence-corrected chi connectivity index (χ1v) is 7.44. The Hall–Kier alpha value is -2.47. The van der Waals surface area contributed by atoms with E-state index in [0.29, 0.717) is 21.8 Å². The molecule has 24 heavy (non-hydrogen) atoms. The molecular weight excluding hydrogens is 339 g/mol. The number of rotatable bonds is 2. The van der Waals surface area contributed by atoms with Crippen LogP contribution in [0.3, 0.4) is 0 Å². The molecule has 0 aliphatic rings. The highest BCUT2D eigenvalue weighted by atomic mass is 35.5. The van der Waals surface area contributed by atoms with Crippen LogP contribution in [0.5, 0.6) is 0 Å². The zero-order valence-corrected chi connectivity index (χ0v) is 13.4. The van der Waals surface area contributed by atoms with E-state index < -0.39 is 11.9 Å². The summed E-state index contributed by atoms with van der Waals surface area (Å²) in [6.07, 6.45) is -4.62. The first kappa shape index (κ1) is 16.4. The van der Waals surface area contributed by atoms with Gasteiger partial charge < -0.3 is 5.73 Å². The lowest BCUT2D eigenvalue weighted by Gasteiger charge is -2.09. The quantitative estimate of drug-likeness (QED) is 0.697. The van der Waals surface area contributed by atoms with Gasteiger partial charge in [0.15, 0.2) is 5.69 Å². The van der Waals surface area contributed by atoms with Crippen molar-refractivity contribution in [3.8, 4) is 16.8 Å². The van der Waals surface area contributed by atoms with Crippen molar-refractivity contribution in [2.24, 2.45) is 0 Å². The highest BCUT2D eigenvalue weighted by molar-refractivity contribution is 6.30. The van der Waals surface area contributed by atoms with Crippen molar-refractivity contribution in [3.63, 3.8) is 0 Å². The third kappa shape index (κ3) is 2.85. The van der Waals surface area contributed by atoms with Gasteiger partial charge in [-0.1, -0.05) is 35.9 Å². The van der Waals surface area contributed by atoms with Crippen molar-refractivity contribution in [1.82, 2.24) is 9.78 Å². The number of benzene rings is 2. The summed E-state index contributed by atoms with van der Waals surface area (Å²) < 4.78 is 41.5. The number of anilines is 1. The Kier molecular flexibility index (Phi) is 4.01. The van der Waals surface area contributed by atoms with Gasteiger partial charge in [-0.2, -0.15) is 18.3 Å². The number of nitrogens with zero attached hydrogens (tertiary/aromatic N) is 2. The Bertz CT molecular complexity index is 883. The van der Waals surface area contributed by atoms with E-state index >= 15 is 0 Å². The third-order valence-electron chi connectivity index (χ3n) is 3.68. The fourth-order valence-corrected chi connectivity index (χ4v) is 2.65. The molecule has 0 amide bonds. The van der Waals surface area contributed by atoms with Gasteiger partial charge in [-0.15, -0.1) is 0 Å². The minimum atomic E-state index is -4.62. The Labute approximate surface area is 141 Å². The molecule has 1 aromatic heterocycles. The summed E-state index contributed by atoms with van der Waals surface area (Å²) in [5.74, 6) is -0.0704. The average molecular weight is 352 g/mol.